The van der Waals surface area contributed by atoms with E-state index in [2.05, 4.69) is 6.07 Å². The second-order valence-corrected chi connectivity index (χ2v) is 2.91. The maximum atomic E-state index is 5.53. The van der Waals surface area contributed by atoms with Crippen LogP contribution in [0.4, 0.5) is 0 Å². The normalized spacial score (nSPS) is 15.8. The number of benzene rings is 1. The van der Waals surface area contributed by atoms with E-state index < -0.39 is 0 Å². The van der Waals surface area contributed by atoms with Crippen molar-refractivity contribution < 1.29 is 9.47 Å². The van der Waals surface area contributed by atoms with Crippen molar-refractivity contribution in [2.75, 3.05) is 7.11 Å². The molecule has 0 unspecified atom stereocenters. The summed E-state index contributed by atoms with van der Waals surface area (Å²) in [6, 6.07) is 8.55. The molecule has 0 heterocycles. The third kappa shape index (κ3) is 1.70. The highest BCUT2D eigenvalue weighted by atomic mass is 16.5. The minimum atomic E-state index is 0.424. The lowest BCUT2D eigenvalue weighted by Gasteiger charge is -2.04. The van der Waals surface area contributed by atoms with E-state index in [9.17, 15) is 0 Å². The van der Waals surface area contributed by atoms with Crippen molar-refractivity contribution in [2.45, 2.75) is 18.9 Å². The number of hydrogen-bond donors (Lipinski definition) is 0. The third-order valence-electron chi connectivity index (χ3n) is 1.80. The first-order chi connectivity index (χ1) is 5.88. The summed E-state index contributed by atoms with van der Waals surface area (Å²) in [5.74, 6) is 1.61. The quantitative estimate of drug-likeness (QED) is 0.678. The van der Waals surface area contributed by atoms with Crippen LogP contribution in [0.3, 0.4) is 0 Å². The highest BCUT2D eigenvalue weighted by Gasteiger charge is 2.23. The van der Waals surface area contributed by atoms with E-state index in [1.165, 1.54) is 12.8 Å². The van der Waals surface area contributed by atoms with E-state index in [0.29, 0.717) is 6.10 Å². The standard InChI is InChI=1S/C10H11O2/c1-11-9-3-2-4-10(7-9)12-8-5-6-8/h2-3,7-8H,5-6H2,1H3. The van der Waals surface area contributed by atoms with Crippen LogP contribution < -0.4 is 9.47 Å². The molecule has 0 saturated heterocycles. The zero-order valence-corrected chi connectivity index (χ0v) is 7.04. The zero-order chi connectivity index (χ0) is 8.39. The lowest BCUT2D eigenvalue weighted by atomic mass is 10.3. The molecule has 1 aliphatic carbocycles. The molecular weight excluding hydrogens is 152 g/mol. The predicted octanol–water partition coefficient (Wildman–Crippen LogP) is 2.04. The second kappa shape index (κ2) is 3.05. The molecule has 2 rings (SSSR count). The molecule has 1 aromatic carbocycles. The van der Waals surface area contributed by atoms with Crippen molar-refractivity contribution in [3.05, 3.63) is 24.3 Å². The number of rotatable bonds is 3. The number of methoxy groups -OCH3 is 1. The van der Waals surface area contributed by atoms with E-state index in [1.807, 2.05) is 18.2 Å². The van der Waals surface area contributed by atoms with Crippen molar-refractivity contribution >= 4 is 0 Å². The topological polar surface area (TPSA) is 18.5 Å². The van der Waals surface area contributed by atoms with Crippen molar-refractivity contribution in [3.8, 4) is 11.5 Å². The summed E-state index contributed by atoms with van der Waals surface area (Å²) < 4.78 is 10.6. The van der Waals surface area contributed by atoms with Gasteiger partial charge in [-0.05, 0) is 25.0 Å². The molecule has 2 nitrogen and oxygen atoms in total. The lowest BCUT2D eigenvalue weighted by Crippen LogP contribution is -1.95. The maximum absolute atomic E-state index is 5.53. The second-order valence-electron chi connectivity index (χ2n) is 2.91. The maximum Gasteiger partial charge on any atom is 0.131 e. The summed E-state index contributed by atoms with van der Waals surface area (Å²) in [6.07, 6.45) is 2.77. The van der Waals surface area contributed by atoms with Gasteiger partial charge in [0, 0.05) is 12.1 Å². The van der Waals surface area contributed by atoms with Gasteiger partial charge in [-0.1, -0.05) is 0 Å². The van der Waals surface area contributed by atoms with Crippen LogP contribution in [0.25, 0.3) is 0 Å². The van der Waals surface area contributed by atoms with Gasteiger partial charge in [0.25, 0.3) is 0 Å². The largest absolute Gasteiger partial charge is 0.497 e. The molecule has 1 fully saturated rings. The van der Waals surface area contributed by atoms with E-state index in [1.54, 1.807) is 7.11 Å². The van der Waals surface area contributed by atoms with Crippen molar-refractivity contribution in [2.24, 2.45) is 0 Å². The summed E-state index contributed by atoms with van der Waals surface area (Å²) >= 11 is 0. The average Bonchev–Trinajstić information content (AvgIpc) is 2.89. The van der Waals surface area contributed by atoms with Crippen LogP contribution in [0.1, 0.15) is 12.8 Å². The van der Waals surface area contributed by atoms with Gasteiger partial charge >= 0.3 is 0 Å². The van der Waals surface area contributed by atoms with Crippen LogP contribution in [0, 0.1) is 6.07 Å². The fourth-order valence-corrected chi connectivity index (χ4v) is 0.985. The Bertz CT molecular complexity index is 266. The molecule has 0 spiro atoms. The fourth-order valence-electron chi connectivity index (χ4n) is 0.985. The molecule has 2 heteroatoms. The summed E-state index contributed by atoms with van der Waals surface area (Å²) in [5, 5.41) is 0. The van der Waals surface area contributed by atoms with Crippen LogP contribution in [0.2, 0.25) is 0 Å². The van der Waals surface area contributed by atoms with E-state index >= 15 is 0 Å². The van der Waals surface area contributed by atoms with Gasteiger partial charge in [-0.2, -0.15) is 0 Å². The molecule has 1 aliphatic rings. The first-order valence-corrected chi connectivity index (χ1v) is 4.11. The summed E-state index contributed by atoms with van der Waals surface area (Å²) in [4.78, 5) is 0. The molecular formula is C10H11O2. The lowest BCUT2D eigenvalue weighted by molar-refractivity contribution is 0.300. The van der Waals surface area contributed by atoms with Gasteiger partial charge in [-0.25, -0.2) is 0 Å². The van der Waals surface area contributed by atoms with Crippen molar-refractivity contribution in [1.82, 2.24) is 0 Å². The third-order valence-corrected chi connectivity index (χ3v) is 1.80. The van der Waals surface area contributed by atoms with Gasteiger partial charge in [-0.3, -0.25) is 0 Å². The molecule has 0 aliphatic heterocycles. The Morgan fingerprint density at radius 2 is 2.33 bits per heavy atom. The molecule has 0 N–H and O–H groups in total. The molecule has 63 valence electrons. The van der Waals surface area contributed by atoms with Gasteiger partial charge in [0.1, 0.15) is 11.5 Å². The van der Waals surface area contributed by atoms with Crippen LogP contribution in [0.5, 0.6) is 11.5 Å². The molecule has 12 heavy (non-hydrogen) atoms. The van der Waals surface area contributed by atoms with E-state index in [0.717, 1.165) is 11.5 Å². The van der Waals surface area contributed by atoms with E-state index in [4.69, 9.17) is 9.47 Å². The monoisotopic (exact) mass is 163 g/mol. The minimum Gasteiger partial charge on any atom is -0.497 e. The smallest absolute Gasteiger partial charge is 0.131 e. The highest BCUT2D eigenvalue weighted by molar-refractivity contribution is 5.32. The first-order valence-electron chi connectivity index (χ1n) is 4.11. The van der Waals surface area contributed by atoms with Crippen LogP contribution in [-0.2, 0) is 0 Å². The van der Waals surface area contributed by atoms with Crippen LogP contribution in [0.15, 0.2) is 18.2 Å². The Hall–Kier alpha value is -1.18. The molecule has 0 bridgehead atoms. The Morgan fingerprint density at radius 1 is 1.50 bits per heavy atom. The van der Waals surface area contributed by atoms with Gasteiger partial charge in [-0.15, -0.1) is 0 Å². The minimum absolute atomic E-state index is 0.424. The van der Waals surface area contributed by atoms with Gasteiger partial charge in [0.15, 0.2) is 0 Å². The average molecular weight is 163 g/mol. The van der Waals surface area contributed by atoms with Gasteiger partial charge < -0.3 is 9.47 Å². The molecule has 0 aromatic heterocycles. The Morgan fingerprint density at radius 3 is 3.00 bits per heavy atom. The van der Waals surface area contributed by atoms with Gasteiger partial charge in [0.05, 0.1) is 13.2 Å². The molecule has 1 aromatic rings. The van der Waals surface area contributed by atoms with E-state index in [-0.39, 0.29) is 0 Å². The molecule has 0 atom stereocenters. The SMILES string of the molecule is COc1cc[c]c(OC2CC2)c1. The van der Waals surface area contributed by atoms with Crippen LogP contribution in [-0.4, -0.2) is 13.2 Å². The molecule has 0 amide bonds. The highest BCUT2D eigenvalue weighted by Crippen LogP contribution is 2.28. The molecule has 1 radical (unpaired) electrons. The Balaban J connectivity index is 2.08. The predicted molar refractivity (Wildman–Crippen MR) is 45.5 cm³/mol. The summed E-state index contributed by atoms with van der Waals surface area (Å²) in [5.41, 5.74) is 0. The Kier molecular flexibility index (Phi) is 1.90. The number of ether oxygens (including phenoxy) is 2. The number of hydrogen-bond acceptors (Lipinski definition) is 2. The van der Waals surface area contributed by atoms with Crippen molar-refractivity contribution in [3.63, 3.8) is 0 Å². The first kappa shape index (κ1) is 7.47. The Labute approximate surface area is 72.1 Å². The van der Waals surface area contributed by atoms with Gasteiger partial charge in [0.2, 0.25) is 0 Å². The fraction of sp³-hybridized carbons (Fsp3) is 0.400. The zero-order valence-electron chi connectivity index (χ0n) is 7.04. The summed E-state index contributed by atoms with van der Waals surface area (Å²) in [7, 11) is 1.65. The summed E-state index contributed by atoms with van der Waals surface area (Å²) in [6.45, 7) is 0. The molecule has 1 saturated carbocycles. The van der Waals surface area contributed by atoms with Crippen molar-refractivity contribution in [1.29, 1.82) is 0 Å². The van der Waals surface area contributed by atoms with Crippen LogP contribution >= 0.6 is 0 Å².